The molecule has 1 aliphatic rings. The Hall–Kier alpha value is -1.04. The van der Waals surface area contributed by atoms with Crippen molar-refractivity contribution in [2.24, 2.45) is 5.73 Å². The maximum atomic E-state index is 11.9. The van der Waals surface area contributed by atoms with Gasteiger partial charge in [-0.25, -0.2) is 0 Å². The zero-order valence-corrected chi connectivity index (χ0v) is 11.9. The first-order valence-electron chi connectivity index (χ1n) is 6.66. The predicted molar refractivity (Wildman–Crippen MR) is 80.1 cm³/mol. The topological polar surface area (TPSA) is 58.4 Å². The minimum Gasteiger partial charge on any atom is -0.353 e. The summed E-state index contributed by atoms with van der Waals surface area (Å²) < 4.78 is 0. The molecule has 1 aromatic rings. The smallest absolute Gasteiger partial charge is 0.241 e. The van der Waals surface area contributed by atoms with E-state index in [9.17, 15) is 4.79 Å². The fraction of sp³-hybridized carbons (Fsp3) is 0.500. The molecule has 2 rings (SSSR count). The van der Waals surface area contributed by atoms with E-state index in [1.165, 1.54) is 11.5 Å². The van der Waals surface area contributed by atoms with Crippen molar-refractivity contribution >= 4 is 17.7 Å². The van der Waals surface area contributed by atoms with Crippen molar-refractivity contribution in [1.29, 1.82) is 0 Å². The third-order valence-corrected chi connectivity index (χ3v) is 4.21. The van der Waals surface area contributed by atoms with Crippen LogP contribution in [0.15, 0.2) is 30.3 Å². The van der Waals surface area contributed by atoms with Gasteiger partial charge < -0.3 is 11.1 Å². The molecule has 0 bridgehead atoms. The Morgan fingerprint density at radius 1 is 1.32 bits per heavy atom. The van der Waals surface area contributed by atoms with E-state index in [1.807, 2.05) is 42.1 Å². The highest BCUT2D eigenvalue weighted by Gasteiger charge is 2.15. The number of nitrogens with zero attached hydrogens (tertiary/aromatic N) is 1. The monoisotopic (exact) mass is 279 g/mol. The van der Waals surface area contributed by atoms with Gasteiger partial charge in [-0.3, -0.25) is 9.69 Å². The van der Waals surface area contributed by atoms with Gasteiger partial charge in [0.25, 0.3) is 0 Å². The Kier molecular flexibility index (Phi) is 5.69. The van der Waals surface area contributed by atoms with Crippen LogP contribution < -0.4 is 11.1 Å². The summed E-state index contributed by atoms with van der Waals surface area (Å²) in [4.78, 5) is 14.3. The molecule has 1 saturated heterocycles. The molecule has 0 saturated carbocycles. The number of nitrogens with two attached hydrogens (primary N) is 1. The molecular formula is C14H21N3OS. The van der Waals surface area contributed by atoms with Crippen LogP contribution in [-0.4, -0.2) is 48.5 Å². The molecule has 19 heavy (non-hydrogen) atoms. The van der Waals surface area contributed by atoms with Crippen molar-refractivity contribution < 1.29 is 4.79 Å². The normalized spacial score (nSPS) is 17.9. The second-order valence-electron chi connectivity index (χ2n) is 4.63. The predicted octanol–water partition coefficient (Wildman–Crippen LogP) is 0.851. The largest absolute Gasteiger partial charge is 0.353 e. The van der Waals surface area contributed by atoms with E-state index in [2.05, 4.69) is 10.2 Å². The Balaban J connectivity index is 1.72. The quantitative estimate of drug-likeness (QED) is 0.839. The van der Waals surface area contributed by atoms with Gasteiger partial charge in [0.2, 0.25) is 5.91 Å². The van der Waals surface area contributed by atoms with Crippen molar-refractivity contribution in [3.05, 3.63) is 35.9 Å². The van der Waals surface area contributed by atoms with Crippen LogP contribution in [0.1, 0.15) is 11.6 Å². The summed E-state index contributed by atoms with van der Waals surface area (Å²) in [6.45, 7) is 3.81. The van der Waals surface area contributed by atoms with Crippen LogP contribution in [0.4, 0.5) is 0 Å². The summed E-state index contributed by atoms with van der Waals surface area (Å²) in [5, 5.41) is 2.92. The van der Waals surface area contributed by atoms with Crippen LogP contribution in [0.2, 0.25) is 0 Å². The van der Waals surface area contributed by atoms with Crippen LogP contribution in [0, 0.1) is 0 Å². The zero-order valence-electron chi connectivity index (χ0n) is 11.0. The van der Waals surface area contributed by atoms with Crippen LogP contribution in [0.25, 0.3) is 0 Å². The maximum Gasteiger partial charge on any atom is 0.241 e. The summed E-state index contributed by atoms with van der Waals surface area (Å²) >= 11 is 1.99. The molecule has 1 heterocycles. The first kappa shape index (κ1) is 14.4. The molecule has 5 heteroatoms. The number of carbonyl (C=O) groups is 1. The van der Waals surface area contributed by atoms with E-state index in [1.54, 1.807) is 0 Å². The second kappa shape index (κ2) is 7.53. The van der Waals surface area contributed by atoms with Gasteiger partial charge in [0.15, 0.2) is 0 Å². The fourth-order valence-corrected chi connectivity index (χ4v) is 3.06. The van der Waals surface area contributed by atoms with Crippen LogP contribution >= 0.6 is 11.8 Å². The van der Waals surface area contributed by atoms with E-state index in [0.29, 0.717) is 6.54 Å². The summed E-state index contributed by atoms with van der Waals surface area (Å²) in [7, 11) is 0. The molecule has 1 aromatic carbocycles. The number of rotatable bonds is 5. The average Bonchev–Trinajstić information content (AvgIpc) is 2.48. The van der Waals surface area contributed by atoms with Crippen molar-refractivity contribution in [3.8, 4) is 0 Å². The van der Waals surface area contributed by atoms with Crippen molar-refractivity contribution in [1.82, 2.24) is 10.2 Å². The summed E-state index contributed by atoms with van der Waals surface area (Å²) in [6.07, 6.45) is 0. The van der Waals surface area contributed by atoms with Gasteiger partial charge in [-0.2, -0.15) is 11.8 Å². The van der Waals surface area contributed by atoms with Crippen molar-refractivity contribution in [2.75, 3.05) is 37.7 Å². The van der Waals surface area contributed by atoms with E-state index >= 15 is 0 Å². The Labute approximate surface area is 118 Å². The molecule has 1 atom stereocenters. The molecule has 1 amide bonds. The first-order chi connectivity index (χ1) is 9.27. The van der Waals surface area contributed by atoms with Gasteiger partial charge >= 0.3 is 0 Å². The van der Waals surface area contributed by atoms with E-state index in [0.717, 1.165) is 25.2 Å². The minimum absolute atomic E-state index is 0.0995. The Morgan fingerprint density at radius 2 is 2.00 bits per heavy atom. The number of thioether (sulfide) groups is 1. The number of benzene rings is 1. The van der Waals surface area contributed by atoms with Gasteiger partial charge in [-0.15, -0.1) is 0 Å². The number of hydrogen-bond acceptors (Lipinski definition) is 4. The molecule has 0 spiro atoms. The van der Waals surface area contributed by atoms with E-state index in [4.69, 9.17) is 5.73 Å². The number of amides is 1. The minimum atomic E-state index is -0.571. The molecule has 0 radical (unpaired) electrons. The molecular weight excluding hydrogens is 258 g/mol. The lowest BCUT2D eigenvalue weighted by Crippen LogP contribution is -2.41. The summed E-state index contributed by atoms with van der Waals surface area (Å²) in [5.41, 5.74) is 6.78. The van der Waals surface area contributed by atoms with Gasteiger partial charge in [0.1, 0.15) is 6.04 Å². The highest BCUT2D eigenvalue weighted by molar-refractivity contribution is 7.99. The molecule has 1 fully saturated rings. The summed E-state index contributed by atoms with van der Waals surface area (Å²) in [6, 6.07) is 8.90. The number of carbonyl (C=O) groups excluding carboxylic acids is 1. The van der Waals surface area contributed by atoms with Gasteiger partial charge in [0, 0.05) is 37.7 Å². The molecule has 104 valence electrons. The highest BCUT2D eigenvalue weighted by atomic mass is 32.2. The highest BCUT2D eigenvalue weighted by Crippen LogP contribution is 2.10. The van der Waals surface area contributed by atoms with E-state index < -0.39 is 6.04 Å². The lowest BCUT2D eigenvalue weighted by atomic mass is 10.1. The first-order valence-corrected chi connectivity index (χ1v) is 7.81. The molecule has 0 aromatic heterocycles. The van der Waals surface area contributed by atoms with Gasteiger partial charge in [0.05, 0.1) is 0 Å². The van der Waals surface area contributed by atoms with Gasteiger partial charge in [-0.1, -0.05) is 30.3 Å². The van der Waals surface area contributed by atoms with E-state index in [-0.39, 0.29) is 5.91 Å². The fourth-order valence-electron chi connectivity index (χ4n) is 2.08. The Morgan fingerprint density at radius 3 is 2.68 bits per heavy atom. The van der Waals surface area contributed by atoms with Crippen molar-refractivity contribution in [3.63, 3.8) is 0 Å². The summed E-state index contributed by atoms with van der Waals surface area (Å²) in [5.74, 6) is 2.28. The van der Waals surface area contributed by atoms with Gasteiger partial charge in [-0.05, 0) is 5.56 Å². The van der Waals surface area contributed by atoms with Crippen LogP contribution in [0.5, 0.6) is 0 Å². The third-order valence-electron chi connectivity index (χ3n) is 3.27. The molecule has 4 nitrogen and oxygen atoms in total. The van der Waals surface area contributed by atoms with Crippen LogP contribution in [-0.2, 0) is 4.79 Å². The molecule has 0 unspecified atom stereocenters. The number of hydrogen-bond donors (Lipinski definition) is 2. The second-order valence-corrected chi connectivity index (χ2v) is 5.86. The lowest BCUT2D eigenvalue weighted by Gasteiger charge is -2.26. The van der Waals surface area contributed by atoms with Crippen LogP contribution in [0.3, 0.4) is 0 Å². The Bertz CT molecular complexity index is 393. The van der Waals surface area contributed by atoms with Crippen molar-refractivity contribution in [2.45, 2.75) is 6.04 Å². The number of nitrogens with one attached hydrogen (secondary N) is 1. The SMILES string of the molecule is N[C@H](C(=O)NCCN1CCSCC1)c1ccccc1. The average molecular weight is 279 g/mol. The molecule has 3 N–H and O–H groups in total. The third kappa shape index (κ3) is 4.53. The molecule has 1 aliphatic heterocycles. The zero-order chi connectivity index (χ0) is 13.5. The standard InChI is InChI=1S/C14H21N3OS/c15-13(12-4-2-1-3-5-12)14(18)16-6-7-17-8-10-19-11-9-17/h1-5,13H,6-11,15H2,(H,16,18)/t13-/m0/s1. The lowest BCUT2D eigenvalue weighted by molar-refractivity contribution is -0.122. The molecule has 0 aliphatic carbocycles. The maximum absolute atomic E-state index is 11.9.